The zero-order chi connectivity index (χ0) is 21.7. The van der Waals surface area contributed by atoms with Crippen LogP contribution in [0.1, 0.15) is 29.8 Å². The molecule has 8 heteroatoms. The van der Waals surface area contributed by atoms with E-state index in [1.807, 2.05) is 55.5 Å². The van der Waals surface area contributed by atoms with E-state index in [0.717, 1.165) is 31.9 Å². The summed E-state index contributed by atoms with van der Waals surface area (Å²) in [6.45, 7) is 3.41. The van der Waals surface area contributed by atoms with Crippen LogP contribution < -0.4 is 15.4 Å². The van der Waals surface area contributed by atoms with Gasteiger partial charge in [0.2, 0.25) is 11.8 Å². The summed E-state index contributed by atoms with van der Waals surface area (Å²) in [6, 6.07) is 14.7. The molecule has 156 valence electrons. The van der Waals surface area contributed by atoms with Crippen LogP contribution in [0.25, 0.3) is 11.3 Å². The van der Waals surface area contributed by atoms with Gasteiger partial charge >= 0.3 is 0 Å². The van der Waals surface area contributed by atoms with E-state index < -0.39 is 6.04 Å². The molecule has 1 unspecified atom stereocenters. The van der Waals surface area contributed by atoms with Gasteiger partial charge in [0.05, 0.1) is 25.3 Å². The fourth-order valence-corrected chi connectivity index (χ4v) is 4.13. The van der Waals surface area contributed by atoms with Crippen molar-refractivity contribution in [3.8, 4) is 17.0 Å². The number of carbonyl (C=O) groups excluding carboxylic acids is 2. The first-order valence-corrected chi connectivity index (χ1v) is 10.9. The van der Waals surface area contributed by atoms with Crippen molar-refractivity contribution in [1.82, 2.24) is 10.3 Å². The molecule has 30 heavy (non-hydrogen) atoms. The highest BCUT2D eigenvalue weighted by molar-refractivity contribution is 9.10. The molecule has 0 fully saturated rings. The Balaban J connectivity index is 1.72. The molecule has 1 heterocycles. The summed E-state index contributed by atoms with van der Waals surface area (Å²) in [7, 11) is 1.62. The van der Waals surface area contributed by atoms with Crippen molar-refractivity contribution in [3.05, 3.63) is 63.4 Å². The van der Waals surface area contributed by atoms with Crippen LogP contribution in [0.2, 0.25) is 0 Å². The number of methoxy groups -OCH3 is 1. The van der Waals surface area contributed by atoms with E-state index in [-0.39, 0.29) is 18.2 Å². The highest BCUT2D eigenvalue weighted by Gasteiger charge is 2.19. The van der Waals surface area contributed by atoms with Crippen molar-refractivity contribution >= 4 is 44.2 Å². The molecule has 2 aromatic carbocycles. The molecule has 0 aliphatic rings. The molecule has 6 nitrogen and oxygen atoms in total. The molecule has 0 spiro atoms. The highest BCUT2D eigenvalue weighted by Crippen LogP contribution is 2.31. The maximum Gasteiger partial charge on any atom is 0.228 e. The number of halogens is 1. The van der Waals surface area contributed by atoms with Crippen LogP contribution in [0.4, 0.5) is 5.13 Å². The fourth-order valence-electron chi connectivity index (χ4n) is 3.01. The summed E-state index contributed by atoms with van der Waals surface area (Å²) in [5.41, 5.74) is 2.64. The van der Waals surface area contributed by atoms with Crippen molar-refractivity contribution in [3.63, 3.8) is 0 Å². The number of nitrogens with one attached hydrogen (secondary N) is 2. The minimum absolute atomic E-state index is 0.109. The Morgan fingerprint density at radius 2 is 1.80 bits per heavy atom. The van der Waals surface area contributed by atoms with Gasteiger partial charge in [0.25, 0.3) is 0 Å². The van der Waals surface area contributed by atoms with Gasteiger partial charge in [-0.05, 0) is 48.9 Å². The summed E-state index contributed by atoms with van der Waals surface area (Å²) in [5, 5.41) is 6.23. The van der Waals surface area contributed by atoms with E-state index in [4.69, 9.17) is 4.74 Å². The molecule has 0 saturated carbocycles. The standard InChI is InChI=1S/C22H22BrN3O3S/c1-13-21(16-6-10-18(29-3)11-7-16)26-22(30-13)25-20(28)12-19(24-14(2)27)15-4-8-17(23)9-5-15/h4-11,19H,12H2,1-3H3,(H,24,27)(H,25,26,28). The summed E-state index contributed by atoms with van der Waals surface area (Å²) in [4.78, 5) is 29.9. The van der Waals surface area contributed by atoms with Gasteiger partial charge in [-0.15, -0.1) is 11.3 Å². The quantitative estimate of drug-likeness (QED) is 0.485. The van der Waals surface area contributed by atoms with Crippen molar-refractivity contribution in [1.29, 1.82) is 0 Å². The number of hydrogen-bond donors (Lipinski definition) is 2. The lowest BCUT2D eigenvalue weighted by molar-refractivity contribution is -0.120. The van der Waals surface area contributed by atoms with Gasteiger partial charge < -0.3 is 15.4 Å². The zero-order valence-corrected chi connectivity index (χ0v) is 19.3. The van der Waals surface area contributed by atoms with Gasteiger partial charge in [-0.1, -0.05) is 28.1 Å². The molecule has 2 N–H and O–H groups in total. The number of aromatic nitrogens is 1. The number of nitrogens with zero attached hydrogens (tertiary/aromatic N) is 1. The largest absolute Gasteiger partial charge is 0.497 e. The summed E-state index contributed by atoms with van der Waals surface area (Å²) in [5.74, 6) is 0.367. The van der Waals surface area contributed by atoms with Crippen LogP contribution in [-0.4, -0.2) is 23.9 Å². The van der Waals surface area contributed by atoms with E-state index in [0.29, 0.717) is 5.13 Å². The van der Waals surface area contributed by atoms with Crippen molar-refractivity contribution in [2.45, 2.75) is 26.3 Å². The smallest absolute Gasteiger partial charge is 0.228 e. The first-order chi connectivity index (χ1) is 14.4. The number of anilines is 1. The predicted molar refractivity (Wildman–Crippen MR) is 123 cm³/mol. The molecule has 1 atom stereocenters. The second-order valence-electron chi connectivity index (χ2n) is 6.71. The average Bonchev–Trinajstić information content (AvgIpc) is 3.07. The average molecular weight is 488 g/mol. The van der Waals surface area contributed by atoms with Crippen LogP contribution in [-0.2, 0) is 9.59 Å². The molecule has 3 aromatic rings. The number of rotatable bonds is 7. The normalized spacial score (nSPS) is 11.6. The Morgan fingerprint density at radius 3 is 2.40 bits per heavy atom. The van der Waals surface area contributed by atoms with E-state index in [2.05, 4.69) is 31.5 Å². The van der Waals surface area contributed by atoms with Crippen molar-refractivity contribution in [2.24, 2.45) is 0 Å². The van der Waals surface area contributed by atoms with Crippen LogP contribution in [0.3, 0.4) is 0 Å². The molecule has 2 amide bonds. The molecule has 1 aromatic heterocycles. The molecule has 0 saturated heterocycles. The van der Waals surface area contributed by atoms with Gasteiger partial charge in [0.1, 0.15) is 5.75 Å². The van der Waals surface area contributed by atoms with Gasteiger partial charge in [-0.3, -0.25) is 9.59 Å². The number of thiazole rings is 1. The molecule has 0 aliphatic heterocycles. The Labute approximate surface area is 187 Å². The number of carbonyl (C=O) groups is 2. The molecular weight excluding hydrogens is 466 g/mol. The second kappa shape index (κ2) is 9.86. The lowest BCUT2D eigenvalue weighted by Gasteiger charge is -2.17. The highest BCUT2D eigenvalue weighted by atomic mass is 79.9. The van der Waals surface area contributed by atoms with Crippen LogP contribution in [0, 0.1) is 6.92 Å². The van der Waals surface area contributed by atoms with Crippen LogP contribution in [0.15, 0.2) is 53.0 Å². The number of amides is 2. The minimum atomic E-state index is -0.419. The Bertz CT molecular complexity index is 1030. The second-order valence-corrected chi connectivity index (χ2v) is 8.83. The maximum absolute atomic E-state index is 12.7. The number of hydrogen-bond acceptors (Lipinski definition) is 5. The lowest BCUT2D eigenvalue weighted by Crippen LogP contribution is -2.29. The predicted octanol–water partition coefficient (Wildman–Crippen LogP) is 5.10. The van der Waals surface area contributed by atoms with E-state index in [1.165, 1.54) is 18.3 Å². The first-order valence-electron chi connectivity index (χ1n) is 9.30. The zero-order valence-electron chi connectivity index (χ0n) is 16.9. The summed E-state index contributed by atoms with van der Waals surface area (Å²) in [6.07, 6.45) is 0.109. The van der Waals surface area contributed by atoms with Crippen LogP contribution in [0.5, 0.6) is 5.75 Å². The first kappa shape index (κ1) is 22.0. The molecule has 0 aliphatic carbocycles. The molecule has 3 rings (SSSR count). The number of ether oxygens (including phenoxy) is 1. The molecule has 0 radical (unpaired) electrons. The lowest BCUT2D eigenvalue weighted by atomic mass is 10.0. The van der Waals surface area contributed by atoms with Crippen molar-refractivity contribution in [2.75, 3.05) is 12.4 Å². The van der Waals surface area contributed by atoms with Crippen molar-refractivity contribution < 1.29 is 14.3 Å². The fraction of sp³-hybridized carbons (Fsp3) is 0.227. The van der Waals surface area contributed by atoms with E-state index in [1.54, 1.807) is 7.11 Å². The third-order valence-electron chi connectivity index (χ3n) is 4.45. The third kappa shape index (κ3) is 5.67. The number of benzene rings is 2. The minimum Gasteiger partial charge on any atom is -0.497 e. The topological polar surface area (TPSA) is 80.3 Å². The van der Waals surface area contributed by atoms with Crippen LogP contribution >= 0.6 is 27.3 Å². The molecular formula is C22H22BrN3O3S. The van der Waals surface area contributed by atoms with E-state index in [9.17, 15) is 9.59 Å². The van der Waals surface area contributed by atoms with Gasteiger partial charge in [0, 0.05) is 21.8 Å². The van der Waals surface area contributed by atoms with Gasteiger partial charge in [-0.2, -0.15) is 0 Å². The molecule has 0 bridgehead atoms. The third-order valence-corrected chi connectivity index (χ3v) is 5.86. The number of aryl methyl sites for hydroxylation is 1. The summed E-state index contributed by atoms with van der Waals surface area (Å²) < 4.78 is 6.13. The monoisotopic (exact) mass is 487 g/mol. The Morgan fingerprint density at radius 1 is 1.13 bits per heavy atom. The van der Waals surface area contributed by atoms with Gasteiger partial charge in [-0.25, -0.2) is 4.98 Å². The van der Waals surface area contributed by atoms with E-state index >= 15 is 0 Å². The Kier molecular flexibility index (Phi) is 7.23. The summed E-state index contributed by atoms with van der Waals surface area (Å²) >= 11 is 4.81. The SMILES string of the molecule is COc1ccc(-c2nc(NC(=O)CC(NC(C)=O)c3ccc(Br)cc3)sc2C)cc1. The Hall–Kier alpha value is -2.71. The maximum atomic E-state index is 12.7. The van der Waals surface area contributed by atoms with Gasteiger partial charge in [0.15, 0.2) is 5.13 Å².